The maximum atomic E-state index is 12.1. The van der Waals surface area contributed by atoms with Crippen LogP contribution in [0.3, 0.4) is 0 Å². The van der Waals surface area contributed by atoms with Crippen LogP contribution in [0.1, 0.15) is 30.0 Å². The summed E-state index contributed by atoms with van der Waals surface area (Å²) in [5, 5.41) is 7.03. The number of hydrogen-bond donors (Lipinski definition) is 1. The van der Waals surface area contributed by atoms with Gasteiger partial charge in [-0.1, -0.05) is 59.8 Å². The fraction of sp³-hybridized carbons (Fsp3) is 0.250. The SMILES string of the molecule is Cc1ccccc1-c1noc(CSCC(=O)N[C@H](C)c2ccccc2)n1. The first kappa shape index (κ1) is 18.2. The number of thioether (sulfide) groups is 1. The van der Waals surface area contributed by atoms with Crippen LogP contribution in [0.15, 0.2) is 59.1 Å². The zero-order valence-electron chi connectivity index (χ0n) is 14.8. The van der Waals surface area contributed by atoms with E-state index in [9.17, 15) is 4.79 Å². The molecule has 134 valence electrons. The lowest BCUT2D eigenvalue weighted by Crippen LogP contribution is -2.28. The van der Waals surface area contributed by atoms with Gasteiger partial charge in [-0.05, 0) is 25.0 Å². The fourth-order valence-corrected chi connectivity index (χ4v) is 3.25. The second-order valence-electron chi connectivity index (χ2n) is 6.02. The third kappa shape index (κ3) is 4.73. The van der Waals surface area contributed by atoms with E-state index in [0.717, 1.165) is 16.7 Å². The predicted octanol–water partition coefficient (Wildman–Crippen LogP) is 4.16. The van der Waals surface area contributed by atoms with Crippen molar-refractivity contribution in [2.75, 3.05) is 5.75 Å². The average Bonchev–Trinajstić information content (AvgIpc) is 3.11. The predicted molar refractivity (Wildman–Crippen MR) is 104 cm³/mol. The molecule has 0 unspecified atom stereocenters. The molecule has 3 rings (SSSR count). The van der Waals surface area contributed by atoms with Crippen LogP contribution in [0, 0.1) is 6.92 Å². The van der Waals surface area contributed by atoms with Gasteiger partial charge in [0.15, 0.2) is 0 Å². The zero-order chi connectivity index (χ0) is 18.4. The quantitative estimate of drug-likeness (QED) is 0.679. The minimum absolute atomic E-state index is 0.00926. The summed E-state index contributed by atoms with van der Waals surface area (Å²) in [6, 6.07) is 17.8. The van der Waals surface area contributed by atoms with E-state index in [4.69, 9.17) is 4.52 Å². The summed E-state index contributed by atoms with van der Waals surface area (Å²) >= 11 is 1.46. The van der Waals surface area contributed by atoms with Crippen molar-refractivity contribution in [3.05, 3.63) is 71.6 Å². The fourth-order valence-electron chi connectivity index (χ4n) is 2.59. The second kappa shape index (κ2) is 8.67. The largest absolute Gasteiger partial charge is 0.349 e. The molecule has 1 N–H and O–H groups in total. The topological polar surface area (TPSA) is 68.0 Å². The Hall–Kier alpha value is -2.60. The van der Waals surface area contributed by atoms with Crippen molar-refractivity contribution in [3.8, 4) is 11.4 Å². The molecule has 0 aliphatic carbocycles. The molecule has 1 aromatic heterocycles. The molecule has 0 fully saturated rings. The van der Waals surface area contributed by atoms with Gasteiger partial charge in [0.25, 0.3) is 0 Å². The molecule has 26 heavy (non-hydrogen) atoms. The van der Waals surface area contributed by atoms with Crippen molar-refractivity contribution in [2.24, 2.45) is 0 Å². The van der Waals surface area contributed by atoms with Gasteiger partial charge in [0.05, 0.1) is 17.5 Å². The maximum Gasteiger partial charge on any atom is 0.236 e. The molecule has 5 nitrogen and oxygen atoms in total. The Bertz CT molecular complexity index is 864. The first-order valence-corrected chi connectivity index (χ1v) is 9.59. The van der Waals surface area contributed by atoms with Crippen molar-refractivity contribution in [2.45, 2.75) is 25.6 Å². The van der Waals surface area contributed by atoms with Gasteiger partial charge in [0.2, 0.25) is 17.6 Å². The summed E-state index contributed by atoms with van der Waals surface area (Å²) in [6.07, 6.45) is 0. The average molecular weight is 367 g/mol. The smallest absolute Gasteiger partial charge is 0.236 e. The summed E-state index contributed by atoms with van der Waals surface area (Å²) in [6.45, 7) is 3.99. The summed E-state index contributed by atoms with van der Waals surface area (Å²) < 4.78 is 5.29. The molecule has 1 heterocycles. The van der Waals surface area contributed by atoms with Gasteiger partial charge in [0, 0.05) is 5.56 Å². The van der Waals surface area contributed by atoms with Gasteiger partial charge in [-0.25, -0.2) is 0 Å². The van der Waals surface area contributed by atoms with E-state index < -0.39 is 0 Å². The van der Waals surface area contributed by atoms with E-state index >= 15 is 0 Å². The standard InChI is InChI=1S/C20H21N3O2S/c1-14-8-6-7-11-17(14)20-22-19(25-23-20)13-26-12-18(24)21-15(2)16-9-4-3-5-10-16/h3-11,15H,12-13H2,1-2H3,(H,21,24)/t15-/m1/s1. The lowest BCUT2D eigenvalue weighted by atomic mass is 10.1. The molecule has 0 saturated carbocycles. The maximum absolute atomic E-state index is 12.1. The van der Waals surface area contributed by atoms with Crippen molar-refractivity contribution < 1.29 is 9.32 Å². The van der Waals surface area contributed by atoms with E-state index in [1.165, 1.54) is 11.8 Å². The first-order valence-electron chi connectivity index (χ1n) is 8.44. The molecule has 6 heteroatoms. The lowest BCUT2D eigenvalue weighted by Gasteiger charge is -2.13. The highest BCUT2D eigenvalue weighted by Crippen LogP contribution is 2.21. The number of hydrogen-bond acceptors (Lipinski definition) is 5. The number of nitrogens with zero attached hydrogens (tertiary/aromatic N) is 2. The lowest BCUT2D eigenvalue weighted by molar-refractivity contribution is -0.119. The van der Waals surface area contributed by atoms with Gasteiger partial charge in [-0.15, -0.1) is 11.8 Å². The Morgan fingerprint density at radius 2 is 1.88 bits per heavy atom. The molecule has 0 saturated heterocycles. The molecule has 1 amide bonds. The van der Waals surface area contributed by atoms with Crippen molar-refractivity contribution in [1.82, 2.24) is 15.5 Å². The number of nitrogens with one attached hydrogen (secondary N) is 1. The number of aryl methyl sites for hydroxylation is 1. The van der Waals surface area contributed by atoms with Crippen LogP contribution in [0.5, 0.6) is 0 Å². The molecule has 3 aromatic rings. The molecule has 0 radical (unpaired) electrons. The van der Waals surface area contributed by atoms with Crippen LogP contribution in [-0.4, -0.2) is 21.8 Å². The summed E-state index contributed by atoms with van der Waals surface area (Å²) in [5.74, 6) is 1.95. The van der Waals surface area contributed by atoms with E-state index in [-0.39, 0.29) is 11.9 Å². The van der Waals surface area contributed by atoms with Crippen LogP contribution in [0.2, 0.25) is 0 Å². The Morgan fingerprint density at radius 1 is 1.15 bits per heavy atom. The first-order chi connectivity index (χ1) is 12.6. The number of benzene rings is 2. The van der Waals surface area contributed by atoms with E-state index in [2.05, 4.69) is 15.5 Å². The number of amides is 1. The molecule has 0 aliphatic heterocycles. The number of aromatic nitrogens is 2. The highest BCUT2D eigenvalue weighted by Gasteiger charge is 2.12. The molecule has 1 atom stereocenters. The Kier molecular flexibility index (Phi) is 6.07. The highest BCUT2D eigenvalue weighted by molar-refractivity contribution is 7.99. The molecule has 0 aliphatic rings. The van der Waals surface area contributed by atoms with Gasteiger partial charge in [0.1, 0.15) is 0 Å². The van der Waals surface area contributed by atoms with Crippen molar-refractivity contribution in [3.63, 3.8) is 0 Å². The van der Waals surface area contributed by atoms with Crippen LogP contribution in [0.25, 0.3) is 11.4 Å². The van der Waals surface area contributed by atoms with Crippen LogP contribution in [0.4, 0.5) is 0 Å². The highest BCUT2D eigenvalue weighted by atomic mass is 32.2. The molecule has 0 bridgehead atoms. The van der Waals surface area contributed by atoms with Crippen LogP contribution in [-0.2, 0) is 10.5 Å². The Morgan fingerprint density at radius 3 is 2.65 bits per heavy atom. The third-order valence-electron chi connectivity index (χ3n) is 3.99. The van der Waals surface area contributed by atoms with Gasteiger partial charge < -0.3 is 9.84 Å². The molecule has 2 aromatic carbocycles. The Labute approximate surface area is 157 Å². The molecular formula is C20H21N3O2S. The van der Waals surface area contributed by atoms with Crippen LogP contribution >= 0.6 is 11.8 Å². The van der Waals surface area contributed by atoms with E-state index in [1.807, 2.05) is 68.4 Å². The molecular weight excluding hydrogens is 346 g/mol. The number of carbonyl (C=O) groups is 1. The van der Waals surface area contributed by atoms with Crippen molar-refractivity contribution >= 4 is 17.7 Å². The van der Waals surface area contributed by atoms with Gasteiger partial charge >= 0.3 is 0 Å². The minimum Gasteiger partial charge on any atom is -0.349 e. The monoisotopic (exact) mass is 367 g/mol. The number of carbonyl (C=O) groups excluding carboxylic acids is 1. The second-order valence-corrected chi connectivity index (χ2v) is 7.00. The normalized spacial score (nSPS) is 11.9. The zero-order valence-corrected chi connectivity index (χ0v) is 15.6. The summed E-state index contributed by atoms with van der Waals surface area (Å²) in [4.78, 5) is 16.5. The molecule has 0 spiro atoms. The Balaban J connectivity index is 1.48. The number of rotatable bonds is 7. The minimum atomic E-state index is -0.0136. The van der Waals surface area contributed by atoms with Gasteiger partial charge in [-0.2, -0.15) is 4.98 Å². The summed E-state index contributed by atoms with van der Waals surface area (Å²) in [5.41, 5.74) is 3.15. The third-order valence-corrected chi connectivity index (χ3v) is 4.91. The van der Waals surface area contributed by atoms with Gasteiger partial charge in [-0.3, -0.25) is 4.79 Å². The van der Waals surface area contributed by atoms with E-state index in [0.29, 0.717) is 23.2 Å². The summed E-state index contributed by atoms with van der Waals surface area (Å²) in [7, 11) is 0. The van der Waals surface area contributed by atoms with Crippen LogP contribution < -0.4 is 5.32 Å². The van der Waals surface area contributed by atoms with Crippen molar-refractivity contribution in [1.29, 1.82) is 0 Å². The van der Waals surface area contributed by atoms with E-state index in [1.54, 1.807) is 0 Å².